The van der Waals surface area contributed by atoms with Crippen LogP contribution in [-0.2, 0) is 15.3 Å². The number of nitrogens with two attached hydrogens (primary N) is 1. The third-order valence-corrected chi connectivity index (χ3v) is 3.08. The van der Waals surface area contributed by atoms with Crippen molar-refractivity contribution in [1.82, 2.24) is 0 Å². The molecule has 0 unspecified atom stereocenters. The fourth-order valence-electron chi connectivity index (χ4n) is 1.14. The van der Waals surface area contributed by atoms with Crippen molar-refractivity contribution in [3.8, 4) is 0 Å². The molecule has 0 saturated carbocycles. The number of carbonyl (C=O) groups excluding carboxylic acids is 1. The molecule has 0 atom stereocenters. The third kappa shape index (κ3) is 4.33. The van der Waals surface area contributed by atoms with Crippen molar-refractivity contribution in [2.45, 2.75) is 12.7 Å². The van der Waals surface area contributed by atoms with Gasteiger partial charge in [-0.1, -0.05) is 17.7 Å². The zero-order valence-electron chi connectivity index (χ0n) is 9.03. The number of carbonyl (C=O) groups is 1. The van der Waals surface area contributed by atoms with Gasteiger partial charge >= 0.3 is 5.97 Å². The van der Waals surface area contributed by atoms with Crippen LogP contribution >= 0.6 is 23.4 Å². The number of halogens is 1. The van der Waals surface area contributed by atoms with E-state index in [-0.39, 0.29) is 5.97 Å². The van der Waals surface area contributed by atoms with E-state index in [1.165, 1.54) is 11.8 Å². The van der Waals surface area contributed by atoms with E-state index in [0.29, 0.717) is 28.8 Å². The van der Waals surface area contributed by atoms with Crippen LogP contribution in [-0.4, -0.2) is 18.3 Å². The van der Waals surface area contributed by atoms with Crippen LogP contribution in [0.5, 0.6) is 0 Å². The van der Waals surface area contributed by atoms with Gasteiger partial charge in [0.05, 0.1) is 12.4 Å². The van der Waals surface area contributed by atoms with Crippen molar-refractivity contribution in [3.05, 3.63) is 28.8 Å². The van der Waals surface area contributed by atoms with E-state index >= 15 is 0 Å². The molecule has 0 radical (unpaired) electrons. The van der Waals surface area contributed by atoms with Gasteiger partial charge in [-0.05, 0) is 24.6 Å². The molecule has 0 aliphatic heterocycles. The lowest BCUT2D eigenvalue weighted by Gasteiger charge is -2.05. The molecule has 0 aliphatic carbocycles. The zero-order chi connectivity index (χ0) is 12.0. The van der Waals surface area contributed by atoms with E-state index in [0.717, 1.165) is 5.56 Å². The van der Waals surface area contributed by atoms with E-state index in [4.69, 9.17) is 22.1 Å². The van der Waals surface area contributed by atoms with E-state index in [9.17, 15) is 4.79 Å². The molecule has 1 aromatic rings. The Morgan fingerprint density at radius 3 is 2.94 bits per heavy atom. The summed E-state index contributed by atoms with van der Waals surface area (Å²) in [5.74, 6) is 0.831. The molecule has 0 heterocycles. The van der Waals surface area contributed by atoms with Crippen molar-refractivity contribution in [2.24, 2.45) is 0 Å². The molecule has 1 rings (SSSR count). The summed E-state index contributed by atoms with van der Waals surface area (Å²) in [5.41, 5.74) is 7.42. The standard InChI is InChI=1S/C11H14ClNO2S/c1-2-15-11(14)7-16-6-8-3-4-9(12)5-10(8)13/h3-5H,2,6-7,13H2,1H3. The van der Waals surface area contributed by atoms with Gasteiger partial charge in [0, 0.05) is 16.5 Å². The van der Waals surface area contributed by atoms with E-state index in [1.807, 2.05) is 6.07 Å². The van der Waals surface area contributed by atoms with Crippen molar-refractivity contribution in [1.29, 1.82) is 0 Å². The maximum atomic E-state index is 11.1. The molecule has 5 heteroatoms. The maximum Gasteiger partial charge on any atom is 0.315 e. The fraction of sp³-hybridized carbons (Fsp3) is 0.364. The van der Waals surface area contributed by atoms with Crippen LogP contribution in [0.25, 0.3) is 0 Å². The Bertz CT molecular complexity index is 371. The molecule has 0 aromatic heterocycles. The first-order valence-electron chi connectivity index (χ1n) is 4.90. The highest BCUT2D eigenvalue weighted by molar-refractivity contribution is 7.99. The molecule has 1 aromatic carbocycles. The van der Waals surface area contributed by atoms with Gasteiger partial charge < -0.3 is 10.5 Å². The minimum Gasteiger partial charge on any atom is -0.465 e. The normalized spacial score (nSPS) is 10.1. The van der Waals surface area contributed by atoms with Crippen LogP contribution in [0.3, 0.4) is 0 Å². The lowest BCUT2D eigenvalue weighted by atomic mass is 10.2. The second-order valence-corrected chi connectivity index (χ2v) is 4.56. The predicted molar refractivity (Wildman–Crippen MR) is 68.7 cm³/mol. The number of esters is 1. The van der Waals surface area contributed by atoms with Gasteiger partial charge in [0.1, 0.15) is 0 Å². The van der Waals surface area contributed by atoms with Gasteiger partial charge in [-0.15, -0.1) is 11.8 Å². The summed E-state index contributed by atoms with van der Waals surface area (Å²) in [4.78, 5) is 11.1. The Labute approximate surface area is 104 Å². The Hall–Kier alpha value is -0.870. The number of thioether (sulfide) groups is 1. The minimum atomic E-state index is -0.194. The lowest BCUT2D eigenvalue weighted by Crippen LogP contribution is -2.06. The summed E-state index contributed by atoms with van der Waals surface area (Å²) >= 11 is 7.26. The first kappa shape index (κ1) is 13.2. The molecule has 16 heavy (non-hydrogen) atoms. The summed E-state index contributed by atoms with van der Waals surface area (Å²) in [7, 11) is 0. The second-order valence-electron chi connectivity index (χ2n) is 3.14. The summed E-state index contributed by atoms with van der Waals surface area (Å²) in [6.07, 6.45) is 0. The molecule has 0 amide bonds. The topological polar surface area (TPSA) is 52.3 Å². The molecule has 2 N–H and O–H groups in total. The third-order valence-electron chi connectivity index (χ3n) is 1.89. The minimum absolute atomic E-state index is 0.194. The van der Waals surface area contributed by atoms with Crippen LogP contribution in [0, 0.1) is 0 Å². The summed E-state index contributed by atoms with van der Waals surface area (Å²) in [6.45, 7) is 2.21. The van der Waals surface area contributed by atoms with Gasteiger partial charge in [0.25, 0.3) is 0 Å². The Balaban J connectivity index is 2.40. The molecule has 0 bridgehead atoms. The van der Waals surface area contributed by atoms with Crippen LogP contribution in [0.4, 0.5) is 5.69 Å². The van der Waals surface area contributed by atoms with Crippen LogP contribution in [0.2, 0.25) is 5.02 Å². The largest absolute Gasteiger partial charge is 0.465 e. The molecule has 0 saturated heterocycles. The molecular weight excluding hydrogens is 246 g/mol. The molecule has 0 aliphatic rings. The summed E-state index contributed by atoms with van der Waals surface area (Å²) in [5, 5.41) is 0.622. The zero-order valence-corrected chi connectivity index (χ0v) is 10.6. The van der Waals surface area contributed by atoms with Gasteiger partial charge in [-0.2, -0.15) is 0 Å². The Morgan fingerprint density at radius 1 is 1.56 bits per heavy atom. The quantitative estimate of drug-likeness (QED) is 0.653. The first-order valence-corrected chi connectivity index (χ1v) is 6.44. The monoisotopic (exact) mass is 259 g/mol. The predicted octanol–water partition coefficient (Wildman–Crippen LogP) is 2.72. The molecular formula is C11H14ClNO2S. The van der Waals surface area contributed by atoms with Gasteiger partial charge in [-0.3, -0.25) is 4.79 Å². The highest BCUT2D eigenvalue weighted by Crippen LogP contribution is 2.22. The number of ether oxygens (including phenoxy) is 1. The van der Waals surface area contributed by atoms with E-state index in [2.05, 4.69) is 0 Å². The van der Waals surface area contributed by atoms with Crippen molar-refractivity contribution >= 4 is 35.0 Å². The number of nitrogen functional groups attached to an aromatic ring is 1. The van der Waals surface area contributed by atoms with E-state index in [1.54, 1.807) is 19.1 Å². The van der Waals surface area contributed by atoms with Gasteiger partial charge in [-0.25, -0.2) is 0 Å². The average Bonchev–Trinajstić information content (AvgIpc) is 2.22. The van der Waals surface area contributed by atoms with Crippen molar-refractivity contribution in [3.63, 3.8) is 0 Å². The maximum absolute atomic E-state index is 11.1. The summed E-state index contributed by atoms with van der Waals surface area (Å²) < 4.78 is 4.82. The van der Waals surface area contributed by atoms with Gasteiger partial charge in [0.15, 0.2) is 0 Å². The number of rotatable bonds is 5. The highest BCUT2D eigenvalue weighted by atomic mass is 35.5. The lowest BCUT2D eigenvalue weighted by molar-refractivity contribution is -0.139. The molecule has 3 nitrogen and oxygen atoms in total. The number of benzene rings is 1. The van der Waals surface area contributed by atoms with Crippen LogP contribution in [0.1, 0.15) is 12.5 Å². The first-order chi connectivity index (χ1) is 7.63. The summed E-state index contributed by atoms with van der Waals surface area (Å²) in [6, 6.07) is 5.37. The van der Waals surface area contributed by atoms with Crippen LogP contribution in [0.15, 0.2) is 18.2 Å². The van der Waals surface area contributed by atoms with Crippen molar-refractivity contribution in [2.75, 3.05) is 18.1 Å². The molecule has 88 valence electrons. The smallest absolute Gasteiger partial charge is 0.315 e. The molecule has 0 fully saturated rings. The number of hydrogen-bond donors (Lipinski definition) is 1. The van der Waals surface area contributed by atoms with Crippen LogP contribution < -0.4 is 5.73 Å². The SMILES string of the molecule is CCOC(=O)CSCc1ccc(Cl)cc1N. The number of hydrogen-bond acceptors (Lipinski definition) is 4. The average molecular weight is 260 g/mol. The Morgan fingerprint density at radius 2 is 2.31 bits per heavy atom. The van der Waals surface area contributed by atoms with Crippen molar-refractivity contribution < 1.29 is 9.53 Å². The second kappa shape index (κ2) is 6.66. The highest BCUT2D eigenvalue weighted by Gasteiger charge is 2.04. The van der Waals surface area contributed by atoms with Gasteiger partial charge in [0.2, 0.25) is 0 Å². The Kier molecular flexibility index (Phi) is 5.49. The fourth-order valence-corrected chi connectivity index (χ4v) is 2.16. The van der Waals surface area contributed by atoms with E-state index < -0.39 is 0 Å². The number of anilines is 1. The molecule has 0 spiro atoms.